The third-order valence-electron chi connectivity index (χ3n) is 1.60. The molecule has 0 radical (unpaired) electrons. The minimum Gasteiger partial charge on any atom is -0.0868 e. The zero-order valence-electron chi connectivity index (χ0n) is 8.58. The SMILES string of the molecule is CC(C)=CCC#CSc1ccccc1. The Morgan fingerprint density at radius 2 is 2.00 bits per heavy atom. The van der Waals surface area contributed by atoms with Gasteiger partial charge in [-0.2, -0.15) is 0 Å². The monoisotopic (exact) mass is 202 g/mol. The van der Waals surface area contributed by atoms with Crippen LogP contribution in [0.25, 0.3) is 0 Å². The predicted octanol–water partition coefficient (Wildman–Crippen LogP) is 4.10. The summed E-state index contributed by atoms with van der Waals surface area (Å²) >= 11 is 1.58. The molecule has 72 valence electrons. The van der Waals surface area contributed by atoms with Crippen molar-refractivity contribution in [3.8, 4) is 11.2 Å². The van der Waals surface area contributed by atoms with Crippen molar-refractivity contribution in [2.24, 2.45) is 0 Å². The van der Waals surface area contributed by atoms with Gasteiger partial charge in [-0.1, -0.05) is 35.8 Å². The van der Waals surface area contributed by atoms with Gasteiger partial charge in [0.25, 0.3) is 0 Å². The molecule has 1 aromatic carbocycles. The third kappa shape index (κ3) is 4.79. The average Bonchev–Trinajstić information content (AvgIpc) is 2.18. The highest BCUT2D eigenvalue weighted by Gasteiger charge is 1.85. The maximum absolute atomic E-state index is 3.10. The van der Waals surface area contributed by atoms with Gasteiger partial charge >= 0.3 is 0 Å². The molecule has 14 heavy (non-hydrogen) atoms. The van der Waals surface area contributed by atoms with Crippen LogP contribution in [0, 0.1) is 11.2 Å². The summed E-state index contributed by atoms with van der Waals surface area (Å²) in [5, 5.41) is 3.08. The fraction of sp³-hybridized carbons (Fsp3) is 0.231. The van der Waals surface area contributed by atoms with Crippen molar-refractivity contribution in [2.45, 2.75) is 25.2 Å². The van der Waals surface area contributed by atoms with Gasteiger partial charge in [0, 0.05) is 11.3 Å². The van der Waals surface area contributed by atoms with Gasteiger partial charge in [0.2, 0.25) is 0 Å². The van der Waals surface area contributed by atoms with E-state index in [1.165, 1.54) is 10.5 Å². The molecule has 0 bridgehead atoms. The van der Waals surface area contributed by atoms with Crippen molar-refractivity contribution in [3.05, 3.63) is 42.0 Å². The van der Waals surface area contributed by atoms with Crippen LogP contribution < -0.4 is 0 Å². The Balaban J connectivity index is 2.37. The summed E-state index contributed by atoms with van der Waals surface area (Å²) in [6, 6.07) is 10.2. The number of rotatable bonds is 2. The summed E-state index contributed by atoms with van der Waals surface area (Å²) in [6.07, 6.45) is 2.99. The second-order valence-corrected chi connectivity index (χ2v) is 4.06. The van der Waals surface area contributed by atoms with E-state index < -0.39 is 0 Å². The summed E-state index contributed by atoms with van der Waals surface area (Å²) in [5.74, 6) is 3.10. The van der Waals surface area contributed by atoms with Crippen LogP contribution >= 0.6 is 11.8 Å². The first-order valence-corrected chi connectivity index (χ1v) is 5.44. The second kappa shape index (κ2) is 6.34. The van der Waals surface area contributed by atoms with Gasteiger partial charge in [0.15, 0.2) is 0 Å². The minimum absolute atomic E-state index is 0.849. The van der Waals surface area contributed by atoms with Crippen molar-refractivity contribution >= 4 is 11.8 Å². The Kier molecular flexibility index (Phi) is 4.96. The fourth-order valence-corrected chi connectivity index (χ4v) is 1.45. The van der Waals surface area contributed by atoms with E-state index in [1.54, 1.807) is 11.8 Å². The van der Waals surface area contributed by atoms with Crippen molar-refractivity contribution in [1.82, 2.24) is 0 Å². The Morgan fingerprint density at radius 1 is 1.29 bits per heavy atom. The molecular formula is C13H14S. The molecule has 1 heteroatoms. The summed E-state index contributed by atoms with van der Waals surface area (Å²) < 4.78 is 0. The lowest BCUT2D eigenvalue weighted by Crippen LogP contribution is -1.66. The zero-order valence-corrected chi connectivity index (χ0v) is 9.40. The largest absolute Gasteiger partial charge is 0.0868 e. The Labute approximate surface area is 90.4 Å². The molecule has 0 amide bonds. The van der Waals surface area contributed by atoms with Crippen molar-refractivity contribution in [2.75, 3.05) is 0 Å². The van der Waals surface area contributed by atoms with E-state index in [-0.39, 0.29) is 0 Å². The second-order valence-electron chi connectivity index (χ2n) is 3.18. The first kappa shape index (κ1) is 10.9. The molecule has 0 fully saturated rings. The van der Waals surface area contributed by atoms with E-state index in [1.807, 2.05) is 18.2 Å². The van der Waals surface area contributed by atoms with E-state index in [0.717, 1.165) is 6.42 Å². The van der Waals surface area contributed by atoms with Gasteiger partial charge in [-0.15, -0.1) is 0 Å². The maximum Gasteiger partial charge on any atom is 0.0281 e. The predicted molar refractivity (Wildman–Crippen MR) is 64.1 cm³/mol. The highest BCUT2D eigenvalue weighted by Crippen LogP contribution is 2.14. The molecule has 0 spiro atoms. The van der Waals surface area contributed by atoms with Crippen molar-refractivity contribution in [1.29, 1.82) is 0 Å². The van der Waals surface area contributed by atoms with Crippen LogP contribution in [0.2, 0.25) is 0 Å². The normalized spacial score (nSPS) is 8.71. The van der Waals surface area contributed by atoms with Gasteiger partial charge in [0.1, 0.15) is 0 Å². The molecule has 0 heterocycles. The molecule has 1 rings (SSSR count). The lowest BCUT2D eigenvalue weighted by atomic mass is 10.3. The first-order valence-electron chi connectivity index (χ1n) is 4.62. The number of allylic oxidation sites excluding steroid dienone is 2. The van der Waals surface area contributed by atoms with Crippen LogP contribution in [0.4, 0.5) is 0 Å². The van der Waals surface area contributed by atoms with Crippen molar-refractivity contribution in [3.63, 3.8) is 0 Å². The minimum atomic E-state index is 0.849. The van der Waals surface area contributed by atoms with Crippen LogP contribution in [0.3, 0.4) is 0 Å². The summed E-state index contributed by atoms with van der Waals surface area (Å²) in [5.41, 5.74) is 1.32. The highest BCUT2D eigenvalue weighted by molar-refractivity contribution is 8.03. The molecule has 0 aliphatic rings. The maximum atomic E-state index is 3.10. The Hall–Kier alpha value is -1.13. The molecular weight excluding hydrogens is 188 g/mol. The zero-order chi connectivity index (χ0) is 10.2. The van der Waals surface area contributed by atoms with E-state index in [0.29, 0.717) is 0 Å². The van der Waals surface area contributed by atoms with E-state index in [4.69, 9.17) is 0 Å². The number of hydrogen-bond acceptors (Lipinski definition) is 1. The van der Waals surface area contributed by atoms with Crippen molar-refractivity contribution < 1.29 is 0 Å². The molecule has 0 N–H and O–H groups in total. The van der Waals surface area contributed by atoms with Crippen LogP contribution in [0.15, 0.2) is 46.9 Å². The molecule has 1 aromatic rings. The number of thioether (sulfide) groups is 1. The summed E-state index contributed by atoms with van der Waals surface area (Å²) in [6.45, 7) is 4.18. The van der Waals surface area contributed by atoms with E-state index in [2.05, 4.69) is 43.2 Å². The lowest BCUT2D eigenvalue weighted by molar-refractivity contribution is 1.31. The molecule has 0 saturated carbocycles. The van der Waals surface area contributed by atoms with Gasteiger partial charge in [-0.3, -0.25) is 0 Å². The lowest BCUT2D eigenvalue weighted by Gasteiger charge is -1.89. The molecule has 0 nitrogen and oxygen atoms in total. The fourth-order valence-electron chi connectivity index (χ4n) is 0.880. The van der Waals surface area contributed by atoms with Gasteiger partial charge in [-0.25, -0.2) is 0 Å². The van der Waals surface area contributed by atoms with E-state index in [9.17, 15) is 0 Å². The Morgan fingerprint density at radius 3 is 2.64 bits per heavy atom. The van der Waals surface area contributed by atoms with Crippen LogP contribution in [-0.4, -0.2) is 0 Å². The molecule has 0 unspecified atom stereocenters. The van der Waals surface area contributed by atoms with Crippen LogP contribution in [-0.2, 0) is 0 Å². The molecule has 0 saturated heterocycles. The first-order chi connectivity index (χ1) is 6.79. The Bertz CT molecular complexity index is 348. The smallest absolute Gasteiger partial charge is 0.0281 e. The average molecular weight is 202 g/mol. The van der Waals surface area contributed by atoms with E-state index >= 15 is 0 Å². The number of benzene rings is 1. The standard InChI is InChI=1S/C13H14S/c1-12(2)8-6-7-11-14-13-9-4-3-5-10-13/h3-5,8-10H,6H2,1-2H3. The molecule has 0 aliphatic carbocycles. The topological polar surface area (TPSA) is 0 Å². The quantitative estimate of drug-likeness (QED) is 0.395. The van der Waals surface area contributed by atoms with Gasteiger partial charge in [-0.05, 0) is 43.0 Å². The molecule has 0 atom stereocenters. The summed E-state index contributed by atoms with van der Waals surface area (Å²) in [7, 11) is 0. The van der Waals surface area contributed by atoms with Crippen LogP contribution in [0.1, 0.15) is 20.3 Å². The summed E-state index contributed by atoms with van der Waals surface area (Å²) in [4.78, 5) is 1.21. The van der Waals surface area contributed by atoms with Crippen LogP contribution in [0.5, 0.6) is 0 Å². The third-order valence-corrected chi connectivity index (χ3v) is 2.35. The van der Waals surface area contributed by atoms with Gasteiger partial charge < -0.3 is 0 Å². The molecule has 0 aromatic heterocycles. The molecule has 0 aliphatic heterocycles. The number of hydrogen-bond donors (Lipinski definition) is 0. The highest BCUT2D eigenvalue weighted by atomic mass is 32.2. The van der Waals surface area contributed by atoms with Gasteiger partial charge in [0.05, 0.1) is 0 Å².